The predicted octanol–water partition coefficient (Wildman–Crippen LogP) is 4.56. The molecule has 0 aliphatic heterocycles. The van der Waals surface area contributed by atoms with E-state index in [9.17, 15) is 0 Å². The molecule has 0 spiro atoms. The van der Waals surface area contributed by atoms with Crippen LogP contribution in [0.4, 0.5) is 0 Å². The summed E-state index contributed by atoms with van der Waals surface area (Å²) in [5, 5.41) is 0. The zero-order chi connectivity index (χ0) is 9.45. The van der Waals surface area contributed by atoms with Crippen molar-refractivity contribution in [2.24, 2.45) is 0 Å². The van der Waals surface area contributed by atoms with Crippen molar-refractivity contribution in [2.75, 3.05) is 24.6 Å². The topological polar surface area (TPSA) is 0 Å². The summed E-state index contributed by atoms with van der Waals surface area (Å²) >= 11 is 0. The summed E-state index contributed by atoms with van der Waals surface area (Å²) in [6, 6.07) is 0. The van der Waals surface area contributed by atoms with Gasteiger partial charge < -0.3 is 0 Å². The summed E-state index contributed by atoms with van der Waals surface area (Å²) in [5.74, 6) is 0. The minimum absolute atomic E-state index is 0. The maximum atomic E-state index is 2.41. The van der Waals surface area contributed by atoms with Crippen molar-refractivity contribution in [2.45, 2.75) is 47.0 Å². The molecule has 0 radical (unpaired) electrons. The average molecular weight is 271 g/mol. The molecule has 84 valence electrons. The van der Waals surface area contributed by atoms with Crippen molar-refractivity contribution in [1.29, 1.82) is 0 Å². The standard InChI is InChI=1S/C11H27P.BrH/c1-5-9-10-11-12(6-2,7-3)8-4;/h12H,5-11H2,1-4H3;1H. The Bertz CT molecular complexity index is 92.0. The third kappa shape index (κ3) is 6.07. The molecule has 0 N–H and O–H groups in total. The summed E-state index contributed by atoms with van der Waals surface area (Å²) in [6.07, 6.45) is 10.4. The Hall–Kier alpha value is 0.910. The first kappa shape index (κ1) is 16.3. The van der Waals surface area contributed by atoms with Crippen LogP contribution in [0.3, 0.4) is 0 Å². The molecule has 0 fully saturated rings. The molecule has 0 aromatic heterocycles. The fourth-order valence-electron chi connectivity index (χ4n) is 2.03. The molecular formula is C11H28BrP. The van der Waals surface area contributed by atoms with Gasteiger partial charge in [-0.3, -0.25) is 0 Å². The molecule has 0 aliphatic carbocycles. The van der Waals surface area contributed by atoms with Crippen LogP contribution in [0.25, 0.3) is 0 Å². The van der Waals surface area contributed by atoms with E-state index in [2.05, 4.69) is 27.7 Å². The third-order valence-corrected chi connectivity index (χ3v) is 9.47. The van der Waals surface area contributed by atoms with Gasteiger partial charge in [-0.25, -0.2) is 0 Å². The van der Waals surface area contributed by atoms with Gasteiger partial charge in [0.2, 0.25) is 0 Å². The summed E-state index contributed by atoms with van der Waals surface area (Å²) in [5.41, 5.74) is 0. The molecule has 0 aliphatic rings. The quantitative estimate of drug-likeness (QED) is 0.470. The SMILES string of the molecule is Br.CCCCC[PH](CC)(CC)CC. The van der Waals surface area contributed by atoms with Crippen LogP contribution in [0, 0.1) is 0 Å². The Labute approximate surface area is 96.0 Å². The van der Waals surface area contributed by atoms with Gasteiger partial charge in [0.25, 0.3) is 0 Å². The average Bonchev–Trinajstić information content (AvgIpc) is 2.14. The molecule has 0 aromatic rings. The second-order valence-electron chi connectivity index (χ2n) is 4.02. The molecule has 0 amide bonds. The van der Waals surface area contributed by atoms with Crippen LogP contribution in [0.2, 0.25) is 0 Å². The molecule has 13 heavy (non-hydrogen) atoms. The van der Waals surface area contributed by atoms with Crippen molar-refractivity contribution in [3.8, 4) is 0 Å². The predicted molar refractivity (Wildman–Crippen MR) is 74.7 cm³/mol. The first-order chi connectivity index (χ1) is 5.74. The van der Waals surface area contributed by atoms with Gasteiger partial charge in [-0.2, -0.15) is 0 Å². The number of halogens is 1. The van der Waals surface area contributed by atoms with Crippen molar-refractivity contribution < 1.29 is 0 Å². The minimum atomic E-state index is -0.755. The van der Waals surface area contributed by atoms with E-state index in [4.69, 9.17) is 0 Å². The zero-order valence-electron chi connectivity index (χ0n) is 9.86. The van der Waals surface area contributed by atoms with E-state index in [1.54, 1.807) is 6.16 Å². The Morgan fingerprint density at radius 3 is 1.54 bits per heavy atom. The van der Waals surface area contributed by atoms with E-state index < -0.39 is 7.26 Å². The van der Waals surface area contributed by atoms with Gasteiger partial charge in [0.1, 0.15) is 0 Å². The van der Waals surface area contributed by atoms with Gasteiger partial charge >= 0.3 is 78.9 Å². The molecule has 2 heteroatoms. The van der Waals surface area contributed by atoms with E-state index in [1.807, 2.05) is 0 Å². The molecule has 0 bridgehead atoms. The fraction of sp³-hybridized carbons (Fsp3) is 1.00. The molecule has 0 atom stereocenters. The number of unbranched alkanes of at least 4 members (excludes halogenated alkanes) is 2. The van der Waals surface area contributed by atoms with Crippen LogP contribution in [0.5, 0.6) is 0 Å². The Morgan fingerprint density at radius 1 is 0.769 bits per heavy atom. The van der Waals surface area contributed by atoms with Crippen LogP contribution in [0.1, 0.15) is 47.0 Å². The summed E-state index contributed by atoms with van der Waals surface area (Å²) in [6.45, 7) is 9.52. The summed E-state index contributed by atoms with van der Waals surface area (Å²) < 4.78 is 0. The van der Waals surface area contributed by atoms with E-state index in [0.717, 1.165) is 0 Å². The molecule has 0 unspecified atom stereocenters. The number of hydrogen-bond donors (Lipinski definition) is 0. The van der Waals surface area contributed by atoms with E-state index >= 15 is 0 Å². The number of hydrogen-bond acceptors (Lipinski definition) is 0. The van der Waals surface area contributed by atoms with Crippen LogP contribution < -0.4 is 0 Å². The van der Waals surface area contributed by atoms with Gasteiger partial charge in [-0.15, -0.1) is 17.0 Å². The first-order valence-corrected chi connectivity index (χ1v) is 8.57. The third-order valence-electron chi connectivity index (χ3n) is 3.56. The van der Waals surface area contributed by atoms with Crippen molar-refractivity contribution in [1.82, 2.24) is 0 Å². The van der Waals surface area contributed by atoms with Gasteiger partial charge in [-0.1, -0.05) is 0 Å². The van der Waals surface area contributed by atoms with Gasteiger partial charge in [0.15, 0.2) is 0 Å². The summed E-state index contributed by atoms with van der Waals surface area (Å²) in [7, 11) is -0.755. The van der Waals surface area contributed by atoms with Crippen LogP contribution in [0.15, 0.2) is 0 Å². The van der Waals surface area contributed by atoms with E-state index in [-0.39, 0.29) is 17.0 Å². The molecule has 0 rings (SSSR count). The molecule has 0 saturated carbocycles. The zero-order valence-corrected chi connectivity index (χ0v) is 12.6. The maximum absolute atomic E-state index is 2.41. The van der Waals surface area contributed by atoms with E-state index in [1.165, 1.54) is 37.7 Å². The summed E-state index contributed by atoms with van der Waals surface area (Å²) in [4.78, 5) is 0. The van der Waals surface area contributed by atoms with Crippen molar-refractivity contribution in [3.63, 3.8) is 0 Å². The number of rotatable bonds is 7. The Kier molecular flexibility index (Phi) is 11.9. The molecular weight excluding hydrogens is 243 g/mol. The first-order valence-electron chi connectivity index (χ1n) is 5.74. The van der Waals surface area contributed by atoms with Crippen LogP contribution in [-0.2, 0) is 0 Å². The van der Waals surface area contributed by atoms with Gasteiger partial charge in [-0.05, 0) is 0 Å². The fourth-order valence-corrected chi connectivity index (χ4v) is 5.59. The second kappa shape index (κ2) is 9.46. The Morgan fingerprint density at radius 2 is 1.23 bits per heavy atom. The van der Waals surface area contributed by atoms with Gasteiger partial charge in [0.05, 0.1) is 0 Å². The molecule has 0 aromatic carbocycles. The second-order valence-corrected chi connectivity index (χ2v) is 9.64. The molecule has 0 heterocycles. The van der Waals surface area contributed by atoms with Crippen LogP contribution in [-0.4, -0.2) is 24.6 Å². The van der Waals surface area contributed by atoms with Crippen molar-refractivity contribution >= 4 is 24.2 Å². The van der Waals surface area contributed by atoms with Crippen molar-refractivity contribution in [3.05, 3.63) is 0 Å². The van der Waals surface area contributed by atoms with Crippen LogP contribution >= 0.6 is 24.2 Å². The monoisotopic (exact) mass is 270 g/mol. The normalized spacial score (nSPS) is 12.3. The Balaban J connectivity index is 0. The van der Waals surface area contributed by atoms with Gasteiger partial charge in [0, 0.05) is 0 Å². The van der Waals surface area contributed by atoms with E-state index in [0.29, 0.717) is 0 Å². The molecule has 0 saturated heterocycles. The molecule has 0 nitrogen and oxygen atoms in total.